The van der Waals surface area contributed by atoms with Crippen LogP contribution in [-0.4, -0.2) is 14.5 Å². The van der Waals surface area contributed by atoms with Crippen molar-refractivity contribution in [2.45, 2.75) is 39.5 Å². The molecule has 0 N–H and O–H groups in total. The number of pyridine rings is 1. The van der Waals surface area contributed by atoms with E-state index in [1.807, 2.05) is 12.3 Å². The van der Waals surface area contributed by atoms with Gasteiger partial charge in [0.1, 0.15) is 16.9 Å². The van der Waals surface area contributed by atoms with Crippen LogP contribution in [0.3, 0.4) is 0 Å². The normalized spacial score (nSPS) is 12.2. The molecule has 0 unspecified atom stereocenters. The summed E-state index contributed by atoms with van der Waals surface area (Å²) in [6.45, 7) is 9.05. The molecule has 7 rings (SSSR count). The van der Waals surface area contributed by atoms with E-state index in [0.29, 0.717) is 11.8 Å². The first-order valence-corrected chi connectivity index (χ1v) is 13.3. The second kappa shape index (κ2) is 8.56. The highest BCUT2D eigenvalue weighted by Gasteiger charge is 2.24. The van der Waals surface area contributed by atoms with E-state index in [0.717, 1.165) is 55.3 Å². The summed E-state index contributed by atoms with van der Waals surface area (Å²) < 4.78 is 9.04. The molecular formula is C34H29N3O. The van der Waals surface area contributed by atoms with Crippen molar-refractivity contribution in [2.75, 3.05) is 0 Å². The zero-order chi connectivity index (χ0) is 26.0. The van der Waals surface area contributed by atoms with E-state index < -0.39 is 0 Å². The van der Waals surface area contributed by atoms with Gasteiger partial charge in [-0.25, -0.2) is 4.98 Å². The van der Waals surface area contributed by atoms with Crippen LogP contribution in [0.4, 0.5) is 0 Å². The van der Waals surface area contributed by atoms with Crippen molar-refractivity contribution in [2.24, 2.45) is 0 Å². The SMILES string of the molecule is CC(C)c1cccc(C(C)C)c1-n1c(-c2cccc3c2oc2c3ccc3cccnc32)nc2ccccc21. The Kier molecular flexibility index (Phi) is 5.12. The van der Waals surface area contributed by atoms with E-state index in [-0.39, 0.29) is 0 Å². The molecule has 0 radical (unpaired) electrons. The maximum Gasteiger partial charge on any atom is 0.161 e. The lowest BCUT2D eigenvalue weighted by atomic mass is 9.92. The molecule has 0 amide bonds. The lowest BCUT2D eigenvalue weighted by molar-refractivity contribution is 0.672. The Balaban J connectivity index is 1.62. The Labute approximate surface area is 221 Å². The molecule has 186 valence electrons. The molecule has 0 fully saturated rings. The summed E-state index contributed by atoms with van der Waals surface area (Å²) in [5.41, 5.74) is 9.43. The fraction of sp³-hybridized carbons (Fsp3) is 0.176. The number of benzene rings is 4. The third-order valence-corrected chi connectivity index (χ3v) is 7.61. The van der Waals surface area contributed by atoms with E-state index in [1.165, 1.54) is 16.8 Å². The quantitative estimate of drug-likeness (QED) is 0.244. The summed E-state index contributed by atoms with van der Waals surface area (Å²) in [5.74, 6) is 1.61. The van der Waals surface area contributed by atoms with Crippen LogP contribution in [0.5, 0.6) is 0 Å². The maximum absolute atomic E-state index is 6.68. The van der Waals surface area contributed by atoms with E-state index in [1.54, 1.807) is 0 Å². The van der Waals surface area contributed by atoms with E-state index in [2.05, 4.69) is 116 Å². The predicted molar refractivity (Wildman–Crippen MR) is 157 cm³/mol. The number of para-hydroxylation sites is 4. The zero-order valence-electron chi connectivity index (χ0n) is 22.1. The van der Waals surface area contributed by atoms with Crippen LogP contribution in [0, 0.1) is 0 Å². The highest BCUT2D eigenvalue weighted by molar-refractivity contribution is 6.16. The van der Waals surface area contributed by atoms with Crippen LogP contribution < -0.4 is 0 Å². The van der Waals surface area contributed by atoms with Gasteiger partial charge >= 0.3 is 0 Å². The first kappa shape index (κ1) is 22.7. The van der Waals surface area contributed by atoms with Crippen molar-refractivity contribution >= 4 is 43.9 Å². The third-order valence-electron chi connectivity index (χ3n) is 7.61. The molecule has 7 aromatic rings. The molecule has 0 aliphatic heterocycles. The van der Waals surface area contributed by atoms with E-state index in [4.69, 9.17) is 9.40 Å². The molecule has 0 atom stereocenters. The molecule has 0 aliphatic rings. The first-order chi connectivity index (χ1) is 18.5. The van der Waals surface area contributed by atoms with E-state index >= 15 is 0 Å². The zero-order valence-corrected chi connectivity index (χ0v) is 22.1. The number of furan rings is 1. The molecule has 0 aliphatic carbocycles. The van der Waals surface area contributed by atoms with Gasteiger partial charge in [-0.1, -0.05) is 82.3 Å². The molecule has 3 aromatic heterocycles. The van der Waals surface area contributed by atoms with Gasteiger partial charge in [-0.2, -0.15) is 0 Å². The Morgan fingerprint density at radius 2 is 1.42 bits per heavy atom. The second-order valence-corrected chi connectivity index (χ2v) is 10.7. The maximum atomic E-state index is 6.68. The molecule has 4 aromatic carbocycles. The van der Waals surface area contributed by atoms with Gasteiger partial charge in [-0.05, 0) is 53.3 Å². The molecule has 0 spiro atoms. The summed E-state index contributed by atoms with van der Waals surface area (Å²) >= 11 is 0. The van der Waals surface area contributed by atoms with Gasteiger partial charge in [0.15, 0.2) is 5.58 Å². The summed E-state index contributed by atoms with van der Waals surface area (Å²) in [7, 11) is 0. The topological polar surface area (TPSA) is 43.9 Å². The summed E-state index contributed by atoms with van der Waals surface area (Å²) in [6.07, 6.45) is 1.82. The largest absolute Gasteiger partial charge is 0.453 e. The minimum Gasteiger partial charge on any atom is -0.453 e. The monoisotopic (exact) mass is 495 g/mol. The van der Waals surface area contributed by atoms with Gasteiger partial charge in [0.25, 0.3) is 0 Å². The number of rotatable bonds is 4. The average Bonchev–Trinajstić information content (AvgIpc) is 3.51. The van der Waals surface area contributed by atoms with Crippen LogP contribution in [-0.2, 0) is 0 Å². The van der Waals surface area contributed by atoms with Crippen molar-refractivity contribution in [3.63, 3.8) is 0 Å². The third kappa shape index (κ3) is 3.30. The first-order valence-electron chi connectivity index (χ1n) is 13.3. The van der Waals surface area contributed by atoms with Crippen molar-refractivity contribution in [1.29, 1.82) is 0 Å². The molecule has 0 bridgehead atoms. The van der Waals surface area contributed by atoms with Crippen LogP contribution >= 0.6 is 0 Å². The molecular weight excluding hydrogens is 466 g/mol. The number of nitrogens with zero attached hydrogens (tertiary/aromatic N) is 3. The highest BCUT2D eigenvalue weighted by Crippen LogP contribution is 2.41. The van der Waals surface area contributed by atoms with Gasteiger partial charge in [0.2, 0.25) is 0 Å². The smallest absolute Gasteiger partial charge is 0.161 e. The van der Waals surface area contributed by atoms with Crippen LogP contribution in [0.2, 0.25) is 0 Å². The summed E-state index contributed by atoms with van der Waals surface area (Å²) in [4.78, 5) is 9.88. The van der Waals surface area contributed by atoms with Crippen molar-refractivity contribution in [1.82, 2.24) is 14.5 Å². The number of fused-ring (bicyclic) bond motifs is 6. The lowest BCUT2D eigenvalue weighted by Gasteiger charge is -2.22. The van der Waals surface area contributed by atoms with Crippen LogP contribution in [0.15, 0.2) is 95.5 Å². The fourth-order valence-electron chi connectivity index (χ4n) is 5.77. The van der Waals surface area contributed by atoms with E-state index in [9.17, 15) is 0 Å². The number of aromatic nitrogens is 3. The average molecular weight is 496 g/mol. The minimum atomic E-state index is 0.358. The minimum absolute atomic E-state index is 0.358. The van der Waals surface area contributed by atoms with Gasteiger partial charge in [-0.3, -0.25) is 9.55 Å². The molecule has 0 saturated heterocycles. The Morgan fingerprint density at radius 3 is 2.21 bits per heavy atom. The standard InChI is InChI=1S/C34H29N3O/c1-20(2)23-11-7-12-24(21(3)4)31(23)37-29-16-6-5-15-28(29)36-34(37)27-14-8-13-25-26-18-17-22-10-9-19-35-30(22)33(26)38-32(25)27/h5-21H,1-4H3. The molecule has 4 nitrogen and oxygen atoms in total. The Hall–Kier alpha value is -4.44. The fourth-order valence-corrected chi connectivity index (χ4v) is 5.77. The molecule has 38 heavy (non-hydrogen) atoms. The summed E-state index contributed by atoms with van der Waals surface area (Å²) in [5, 5.41) is 3.21. The van der Waals surface area contributed by atoms with Gasteiger partial charge in [0, 0.05) is 22.4 Å². The van der Waals surface area contributed by atoms with Crippen molar-refractivity contribution in [3.05, 3.63) is 102 Å². The Morgan fingerprint density at radius 1 is 0.684 bits per heavy atom. The summed E-state index contributed by atoms with van der Waals surface area (Å²) in [6, 6.07) is 29.8. The van der Waals surface area contributed by atoms with Crippen LogP contribution in [0.1, 0.15) is 50.7 Å². The lowest BCUT2D eigenvalue weighted by Crippen LogP contribution is -2.08. The number of imidazole rings is 1. The Bertz CT molecular complexity index is 1960. The second-order valence-electron chi connectivity index (χ2n) is 10.7. The molecule has 3 heterocycles. The number of hydrogen-bond donors (Lipinski definition) is 0. The van der Waals surface area contributed by atoms with Gasteiger partial charge < -0.3 is 4.42 Å². The van der Waals surface area contributed by atoms with Gasteiger partial charge in [-0.15, -0.1) is 0 Å². The molecule has 4 heteroatoms. The van der Waals surface area contributed by atoms with Gasteiger partial charge in [0.05, 0.1) is 22.3 Å². The predicted octanol–water partition coefficient (Wildman–Crippen LogP) is 9.39. The highest BCUT2D eigenvalue weighted by atomic mass is 16.3. The number of hydrogen-bond acceptors (Lipinski definition) is 3. The van der Waals surface area contributed by atoms with Crippen LogP contribution in [0.25, 0.3) is 61.0 Å². The molecule has 0 saturated carbocycles. The van der Waals surface area contributed by atoms with Crippen molar-refractivity contribution in [3.8, 4) is 17.1 Å². The van der Waals surface area contributed by atoms with Crippen molar-refractivity contribution < 1.29 is 4.42 Å².